The van der Waals surface area contributed by atoms with E-state index in [1.54, 1.807) is 39.0 Å². The van der Waals surface area contributed by atoms with Gasteiger partial charge in [-0.25, -0.2) is 13.2 Å². The number of hydrogen-bond acceptors (Lipinski definition) is 5. The Kier molecular flexibility index (Phi) is 9.94. The summed E-state index contributed by atoms with van der Waals surface area (Å²) in [5.41, 5.74) is 1.08. The van der Waals surface area contributed by atoms with Gasteiger partial charge in [0.25, 0.3) is 0 Å². The quantitative estimate of drug-likeness (QED) is 0.309. The average Bonchev–Trinajstić information content (AvgIpc) is 2.86. The predicted octanol–water partition coefficient (Wildman–Crippen LogP) is 6.71. The molecule has 8 heteroatoms. The highest BCUT2D eigenvalue weighted by Gasteiger charge is 2.31. The molecule has 0 aromatic heterocycles. The second kappa shape index (κ2) is 12.9. The zero-order valence-electron chi connectivity index (χ0n) is 21.2. The highest BCUT2D eigenvalue weighted by atomic mass is 32.2. The van der Waals surface area contributed by atoms with Gasteiger partial charge in [0.1, 0.15) is 5.60 Å². The summed E-state index contributed by atoms with van der Waals surface area (Å²) in [6.07, 6.45) is 0.0309. The maximum Gasteiger partial charge on any atom is 0.408 e. The fourth-order valence-corrected chi connectivity index (χ4v) is 6.21. The minimum Gasteiger partial charge on any atom is -0.444 e. The molecule has 5 nitrogen and oxygen atoms in total. The van der Waals surface area contributed by atoms with Crippen molar-refractivity contribution in [1.29, 1.82) is 0 Å². The summed E-state index contributed by atoms with van der Waals surface area (Å²) in [6.45, 7) is 5.18. The van der Waals surface area contributed by atoms with Crippen LogP contribution in [0.3, 0.4) is 0 Å². The van der Waals surface area contributed by atoms with Crippen LogP contribution in [0.1, 0.15) is 31.9 Å². The third-order valence-corrected chi connectivity index (χ3v) is 8.16. The molecule has 37 heavy (non-hydrogen) atoms. The van der Waals surface area contributed by atoms with Gasteiger partial charge in [0.15, 0.2) is 0 Å². The Balaban J connectivity index is 2.02. The number of rotatable bonds is 10. The van der Waals surface area contributed by atoms with Crippen LogP contribution in [0.15, 0.2) is 106 Å². The van der Waals surface area contributed by atoms with Crippen LogP contribution in [0, 0.1) is 0 Å². The number of benzene rings is 3. The monoisotopic (exact) mass is 541 g/mol. The van der Waals surface area contributed by atoms with Crippen molar-refractivity contribution in [3.8, 4) is 0 Å². The molecular formula is C29H32FNO4S2. The van der Waals surface area contributed by atoms with Gasteiger partial charge in [-0.3, -0.25) is 0 Å². The van der Waals surface area contributed by atoms with Gasteiger partial charge in [-0.05, 0) is 56.9 Å². The molecule has 0 aliphatic heterocycles. The van der Waals surface area contributed by atoms with Gasteiger partial charge < -0.3 is 10.1 Å². The van der Waals surface area contributed by atoms with Gasteiger partial charge in [0.05, 0.1) is 15.8 Å². The third kappa shape index (κ3) is 8.76. The smallest absolute Gasteiger partial charge is 0.408 e. The summed E-state index contributed by atoms with van der Waals surface area (Å²) in [5, 5.41) is 1.46. The summed E-state index contributed by atoms with van der Waals surface area (Å²) in [6, 6.07) is 25.4. The van der Waals surface area contributed by atoms with Gasteiger partial charge >= 0.3 is 6.09 Å². The first-order valence-electron chi connectivity index (χ1n) is 12.0. The Bertz CT molecular complexity index is 1290. The van der Waals surface area contributed by atoms with Gasteiger partial charge in [-0.15, -0.1) is 11.8 Å². The predicted molar refractivity (Wildman–Crippen MR) is 148 cm³/mol. The number of thioether (sulfide) groups is 1. The van der Waals surface area contributed by atoms with Crippen LogP contribution in [-0.2, 0) is 27.4 Å². The van der Waals surface area contributed by atoms with Gasteiger partial charge in [0, 0.05) is 5.75 Å². The second-order valence-corrected chi connectivity index (χ2v) is 12.4. The molecular weight excluding hydrogens is 509 g/mol. The van der Waals surface area contributed by atoms with E-state index in [1.165, 1.54) is 12.1 Å². The molecule has 3 aromatic rings. The topological polar surface area (TPSA) is 72.5 Å². The van der Waals surface area contributed by atoms with E-state index in [1.807, 2.05) is 60.7 Å². The van der Waals surface area contributed by atoms with E-state index in [0.717, 1.165) is 22.9 Å². The summed E-state index contributed by atoms with van der Waals surface area (Å²) in [7, 11) is -4.44. The molecule has 0 aliphatic rings. The van der Waals surface area contributed by atoms with E-state index >= 15 is 4.39 Å². The van der Waals surface area contributed by atoms with Crippen LogP contribution >= 0.6 is 11.8 Å². The molecule has 0 bridgehead atoms. The Morgan fingerprint density at radius 1 is 0.892 bits per heavy atom. The summed E-state index contributed by atoms with van der Waals surface area (Å²) >= 11 is 1.09. The Hall–Kier alpha value is -3.10. The van der Waals surface area contributed by atoms with E-state index in [0.29, 0.717) is 12.2 Å². The maximum atomic E-state index is 16.1. The Morgan fingerprint density at radius 3 is 1.95 bits per heavy atom. The fraction of sp³-hybridized carbons (Fsp3) is 0.276. The lowest BCUT2D eigenvalue weighted by atomic mass is 10.1. The van der Waals surface area contributed by atoms with Gasteiger partial charge in [-0.1, -0.05) is 78.9 Å². The summed E-state index contributed by atoms with van der Waals surface area (Å²) in [4.78, 5) is 12.6. The van der Waals surface area contributed by atoms with Crippen molar-refractivity contribution in [1.82, 2.24) is 5.32 Å². The highest BCUT2D eigenvalue weighted by Crippen LogP contribution is 2.33. The minimum atomic E-state index is -4.44. The Morgan fingerprint density at radius 2 is 1.41 bits per heavy atom. The molecule has 0 heterocycles. The number of ether oxygens (including phenoxy) is 1. The first-order valence-corrected chi connectivity index (χ1v) is 14.4. The summed E-state index contributed by atoms with van der Waals surface area (Å²) in [5.74, 6) is 0.415. The van der Waals surface area contributed by atoms with E-state index < -0.39 is 32.7 Å². The van der Waals surface area contributed by atoms with Crippen molar-refractivity contribution in [3.63, 3.8) is 0 Å². The molecule has 0 saturated heterocycles. The Labute approximate surface area is 223 Å². The number of halogens is 1. The standard InChI is InChI=1S/C29H32FNO4S2/c1-29(2,3)35-28(32)31-25(21-23-15-9-5-10-16-23)26(36-20-19-22-13-7-4-8-14-22)27(30)37(33,34)24-17-11-6-12-18-24/h4-18,25H,19-21H2,1-3H3,(H,31,32)/b27-26-/t25-/m0/s1. The molecule has 1 atom stereocenters. The number of aryl methyl sites for hydroxylation is 1. The number of carbonyl (C=O) groups excluding carboxylic acids is 1. The van der Waals surface area contributed by atoms with Crippen molar-refractivity contribution >= 4 is 27.7 Å². The van der Waals surface area contributed by atoms with Crippen molar-refractivity contribution in [2.45, 2.75) is 50.2 Å². The van der Waals surface area contributed by atoms with Crippen LogP contribution in [0.2, 0.25) is 0 Å². The van der Waals surface area contributed by atoms with Crippen LogP contribution in [0.4, 0.5) is 9.18 Å². The lowest BCUT2D eigenvalue weighted by Gasteiger charge is -2.25. The number of amides is 1. The minimum absolute atomic E-state index is 0.0607. The highest BCUT2D eigenvalue weighted by molar-refractivity contribution is 8.04. The first-order chi connectivity index (χ1) is 17.6. The van der Waals surface area contributed by atoms with Crippen molar-refractivity contribution in [2.75, 3.05) is 5.75 Å². The molecule has 196 valence electrons. The molecule has 1 N–H and O–H groups in total. The molecule has 0 aliphatic carbocycles. The first kappa shape index (κ1) is 28.5. The van der Waals surface area contributed by atoms with Crippen LogP contribution in [-0.4, -0.2) is 31.9 Å². The zero-order valence-corrected chi connectivity index (χ0v) is 22.8. The van der Waals surface area contributed by atoms with Crippen molar-refractivity contribution < 1.29 is 22.3 Å². The molecule has 0 saturated carbocycles. The van der Waals surface area contributed by atoms with Crippen molar-refractivity contribution in [3.05, 3.63) is 112 Å². The van der Waals surface area contributed by atoms with Crippen LogP contribution in [0.5, 0.6) is 0 Å². The largest absolute Gasteiger partial charge is 0.444 e. The van der Waals surface area contributed by atoms with E-state index in [-0.39, 0.29) is 16.2 Å². The molecule has 3 rings (SSSR count). The molecule has 1 amide bonds. The molecule has 0 fully saturated rings. The second-order valence-electron chi connectivity index (χ2n) is 9.43. The van der Waals surface area contributed by atoms with Gasteiger partial charge in [-0.2, -0.15) is 4.39 Å². The fourth-order valence-electron chi connectivity index (χ4n) is 3.56. The lowest BCUT2D eigenvalue weighted by molar-refractivity contribution is 0.0513. The van der Waals surface area contributed by atoms with Crippen LogP contribution < -0.4 is 5.32 Å². The molecule has 3 aromatic carbocycles. The maximum absolute atomic E-state index is 16.1. The molecule has 0 unspecified atom stereocenters. The molecule has 0 spiro atoms. The number of nitrogens with one attached hydrogen (secondary N) is 1. The van der Waals surface area contributed by atoms with E-state index in [4.69, 9.17) is 4.74 Å². The number of carbonyl (C=O) groups is 1. The lowest BCUT2D eigenvalue weighted by Crippen LogP contribution is -2.41. The number of sulfone groups is 1. The van der Waals surface area contributed by atoms with E-state index in [2.05, 4.69) is 5.32 Å². The third-order valence-electron chi connectivity index (χ3n) is 5.26. The zero-order chi connectivity index (χ0) is 26.9. The van der Waals surface area contributed by atoms with E-state index in [9.17, 15) is 13.2 Å². The average molecular weight is 542 g/mol. The SMILES string of the molecule is CC(C)(C)OC(=O)N[C@@H](Cc1ccccc1)/C(SCCc1ccccc1)=C(\F)S(=O)(=O)c1ccccc1. The van der Waals surface area contributed by atoms with Crippen LogP contribution in [0.25, 0.3) is 0 Å². The van der Waals surface area contributed by atoms with Crippen molar-refractivity contribution in [2.24, 2.45) is 0 Å². The number of alkyl carbamates (subject to hydrolysis) is 1. The van der Waals surface area contributed by atoms with Gasteiger partial charge in [0.2, 0.25) is 15.0 Å². The normalized spacial score (nSPS) is 13.4. The molecule has 0 radical (unpaired) electrons. The summed E-state index contributed by atoms with van der Waals surface area (Å²) < 4.78 is 48.1. The number of hydrogen-bond donors (Lipinski definition) is 1.